The van der Waals surface area contributed by atoms with Crippen LogP contribution in [0.4, 0.5) is 0 Å². The minimum atomic E-state index is 0.503. The average Bonchev–Trinajstić information content (AvgIpc) is 2.59. The molecule has 2 atom stereocenters. The summed E-state index contributed by atoms with van der Waals surface area (Å²) in [5, 5.41) is 4.12. The summed E-state index contributed by atoms with van der Waals surface area (Å²) in [5.41, 5.74) is 1.31. The van der Waals surface area contributed by atoms with Gasteiger partial charge in [0.25, 0.3) is 0 Å². The fourth-order valence-electron chi connectivity index (χ4n) is 2.81. The van der Waals surface area contributed by atoms with Crippen molar-refractivity contribution in [1.29, 1.82) is 0 Å². The highest BCUT2D eigenvalue weighted by molar-refractivity contribution is 6.28. The largest absolute Gasteiger partial charge is 0.449 e. The first-order valence-electron chi connectivity index (χ1n) is 5.36. The molecule has 1 N–H and O–H groups in total. The fraction of sp³-hybridized carbons (Fsp3) is 0.636. The van der Waals surface area contributed by atoms with Crippen LogP contribution in [0.2, 0.25) is 5.22 Å². The van der Waals surface area contributed by atoms with Crippen LogP contribution in [0.15, 0.2) is 10.5 Å². The zero-order valence-corrected chi connectivity index (χ0v) is 8.81. The van der Waals surface area contributed by atoms with E-state index in [1.807, 2.05) is 6.07 Å². The number of aryl methyl sites for hydroxylation is 1. The molecule has 1 fully saturated rings. The Kier molecular flexibility index (Phi) is 2.06. The molecular formula is C11H14ClNO. The van der Waals surface area contributed by atoms with E-state index in [4.69, 9.17) is 16.0 Å². The van der Waals surface area contributed by atoms with Gasteiger partial charge < -0.3 is 9.73 Å². The molecule has 1 aliphatic carbocycles. The quantitative estimate of drug-likeness (QED) is 0.714. The summed E-state index contributed by atoms with van der Waals surface area (Å²) < 4.78 is 5.48. The Morgan fingerprint density at radius 3 is 3.29 bits per heavy atom. The van der Waals surface area contributed by atoms with Crippen molar-refractivity contribution in [2.24, 2.45) is 5.92 Å². The van der Waals surface area contributed by atoms with Crippen molar-refractivity contribution >= 4 is 11.6 Å². The van der Waals surface area contributed by atoms with Gasteiger partial charge in [-0.25, -0.2) is 0 Å². The van der Waals surface area contributed by atoms with Gasteiger partial charge in [-0.3, -0.25) is 0 Å². The van der Waals surface area contributed by atoms with Gasteiger partial charge in [-0.05, 0) is 43.3 Å². The maximum absolute atomic E-state index is 5.89. The molecule has 0 saturated carbocycles. The normalized spacial score (nSPS) is 30.9. The minimum Gasteiger partial charge on any atom is -0.449 e. The molecule has 1 saturated heterocycles. The van der Waals surface area contributed by atoms with Crippen molar-refractivity contribution in [2.75, 3.05) is 6.54 Å². The Morgan fingerprint density at radius 2 is 2.36 bits per heavy atom. The Balaban J connectivity index is 1.98. The number of rotatable bonds is 0. The van der Waals surface area contributed by atoms with Crippen molar-refractivity contribution in [3.05, 3.63) is 22.6 Å². The van der Waals surface area contributed by atoms with E-state index in [1.165, 1.54) is 24.8 Å². The third-order valence-electron chi connectivity index (χ3n) is 3.48. The van der Waals surface area contributed by atoms with Crippen molar-refractivity contribution in [3.8, 4) is 0 Å². The molecule has 0 spiro atoms. The third kappa shape index (κ3) is 1.29. The molecule has 2 unspecified atom stereocenters. The lowest BCUT2D eigenvalue weighted by molar-refractivity contribution is 0.244. The van der Waals surface area contributed by atoms with Crippen LogP contribution in [-0.2, 0) is 6.42 Å². The number of piperidine rings is 1. The molecule has 1 aliphatic heterocycles. The third-order valence-corrected chi connectivity index (χ3v) is 3.66. The summed E-state index contributed by atoms with van der Waals surface area (Å²) in [5.74, 6) is 1.90. The van der Waals surface area contributed by atoms with Gasteiger partial charge in [0.2, 0.25) is 0 Å². The van der Waals surface area contributed by atoms with Gasteiger partial charge >= 0.3 is 0 Å². The SMILES string of the molecule is Clc1cc2c(o1)CCC1CCCNC21. The maximum atomic E-state index is 5.89. The number of fused-ring (bicyclic) bond motifs is 3. The maximum Gasteiger partial charge on any atom is 0.193 e. The number of nitrogens with one attached hydrogen (secondary N) is 1. The molecule has 2 nitrogen and oxygen atoms in total. The minimum absolute atomic E-state index is 0.503. The second-order valence-corrected chi connectivity index (χ2v) is 4.67. The first-order chi connectivity index (χ1) is 6.84. The number of hydrogen-bond donors (Lipinski definition) is 1. The summed E-state index contributed by atoms with van der Waals surface area (Å²) in [6.45, 7) is 1.13. The topological polar surface area (TPSA) is 25.2 Å². The van der Waals surface area contributed by atoms with Gasteiger partial charge in [0.05, 0.1) is 0 Å². The van der Waals surface area contributed by atoms with Gasteiger partial charge in [-0.15, -0.1) is 0 Å². The molecule has 0 amide bonds. The highest BCUT2D eigenvalue weighted by atomic mass is 35.5. The van der Waals surface area contributed by atoms with Gasteiger partial charge in [0.1, 0.15) is 5.76 Å². The highest BCUT2D eigenvalue weighted by Gasteiger charge is 2.33. The van der Waals surface area contributed by atoms with E-state index < -0.39 is 0 Å². The second kappa shape index (κ2) is 3.28. The predicted octanol–water partition coefficient (Wildman–Crippen LogP) is 2.92. The number of furan rings is 1. The molecule has 76 valence electrons. The van der Waals surface area contributed by atoms with Crippen LogP contribution in [0, 0.1) is 5.92 Å². The van der Waals surface area contributed by atoms with E-state index in [0.29, 0.717) is 11.3 Å². The Morgan fingerprint density at radius 1 is 1.43 bits per heavy atom. The summed E-state index contributed by atoms with van der Waals surface area (Å²) in [7, 11) is 0. The van der Waals surface area contributed by atoms with Crippen LogP contribution in [0.3, 0.4) is 0 Å². The van der Waals surface area contributed by atoms with E-state index >= 15 is 0 Å². The summed E-state index contributed by atoms with van der Waals surface area (Å²) in [6, 6.07) is 2.50. The number of halogens is 1. The van der Waals surface area contributed by atoms with Crippen LogP contribution in [-0.4, -0.2) is 6.54 Å². The van der Waals surface area contributed by atoms with Crippen LogP contribution in [0.25, 0.3) is 0 Å². The van der Waals surface area contributed by atoms with Crippen LogP contribution >= 0.6 is 11.6 Å². The molecule has 0 aromatic carbocycles. The van der Waals surface area contributed by atoms with E-state index in [0.717, 1.165) is 24.6 Å². The molecular weight excluding hydrogens is 198 g/mol. The molecule has 2 heterocycles. The molecule has 3 rings (SSSR count). The lowest BCUT2D eigenvalue weighted by Gasteiger charge is -2.35. The van der Waals surface area contributed by atoms with Crippen LogP contribution < -0.4 is 5.32 Å². The van der Waals surface area contributed by atoms with E-state index in [1.54, 1.807) is 0 Å². The Labute approximate surface area is 88.6 Å². The van der Waals surface area contributed by atoms with Gasteiger partial charge in [-0.1, -0.05) is 0 Å². The van der Waals surface area contributed by atoms with E-state index in [-0.39, 0.29) is 0 Å². The van der Waals surface area contributed by atoms with Crippen LogP contribution in [0.1, 0.15) is 36.6 Å². The number of hydrogen-bond acceptors (Lipinski definition) is 2. The van der Waals surface area contributed by atoms with E-state index in [9.17, 15) is 0 Å². The van der Waals surface area contributed by atoms with Crippen molar-refractivity contribution in [3.63, 3.8) is 0 Å². The molecule has 14 heavy (non-hydrogen) atoms. The van der Waals surface area contributed by atoms with Crippen molar-refractivity contribution in [2.45, 2.75) is 31.7 Å². The van der Waals surface area contributed by atoms with Crippen molar-refractivity contribution in [1.82, 2.24) is 5.32 Å². The zero-order chi connectivity index (χ0) is 9.54. The van der Waals surface area contributed by atoms with Gasteiger partial charge in [-0.2, -0.15) is 0 Å². The molecule has 3 heteroatoms. The summed E-state index contributed by atoms with van der Waals surface area (Å²) in [6.07, 6.45) is 4.96. The lowest BCUT2D eigenvalue weighted by atomic mass is 9.78. The monoisotopic (exact) mass is 211 g/mol. The standard InChI is InChI=1S/C11H14ClNO/c12-10-6-8-9(14-10)4-3-7-2-1-5-13-11(7)8/h6-7,11,13H,1-5H2. The second-order valence-electron chi connectivity index (χ2n) is 4.30. The Hall–Kier alpha value is -0.470. The first kappa shape index (κ1) is 8.81. The van der Waals surface area contributed by atoms with Gasteiger partial charge in [0, 0.05) is 24.1 Å². The molecule has 1 aromatic heterocycles. The Bertz CT molecular complexity index is 347. The molecule has 0 bridgehead atoms. The molecule has 0 radical (unpaired) electrons. The van der Waals surface area contributed by atoms with Crippen LogP contribution in [0.5, 0.6) is 0 Å². The summed E-state index contributed by atoms with van der Waals surface area (Å²) in [4.78, 5) is 0. The fourth-order valence-corrected chi connectivity index (χ4v) is 3.02. The van der Waals surface area contributed by atoms with E-state index in [2.05, 4.69) is 5.32 Å². The predicted molar refractivity (Wildman–Crippen MR) is 55.5 cm³/mol. The smallest absolute Gasteiger partial charge is 0.193 e. The molecule has 1 aromatic rings. The first-order valence-corrected chi connectivity index (χ1v) is 5.74. The average molecular weight is 212 g/mol. The highest BCUT2D eigenvalue weighted by Crippen LogP contribution is 2.41. The lowest BCUT2D eigenvalue weighted by Crippen LogP contribution is -2.36. The van der Waals surface area contributed by atoms with Gasteiger partial charge in [0.15, 0.2) is 5.22 Å². The van der Waals surface area contributed by atoms with Crippen molar-refractivity contribution < 1.29 is 4.42 Å². The summed E-state index contributed by atoms with van der Waals surface area (Å²) >= 11 is 5.89. The molecule has 2 aliphatic rings. The zero-order valence-electron chi connectivity index (χ0n) is 8.05.